The number of anilines is 1. The number of amides is 1. The predicted molar refractivity (Wildman–Crippen MR) is 94.6 cm³/mol. The standard InChI is InChI=1S/C20H22F2N2O/c1-20(2,15-7-9-16(21)10-8-15)19(25)24-13-11-23(12-14-24)18-6-4-3-5-17(18)22/h3-10H,11-14H2,1-2H3. The molecule has 1 fully saturated rings. The Morgan fingerprint density at radius 1 is 0.920 bits per heavy atom. The number of hydrogen-bond acceptors (Lipinski definition) is 2. The summed E-state index contributed by atoms with van der Waals surface area (Å²) in [7, 11) is 0. The van der Waals surface area contributed by atoms with Crippen molar-refractivity contribution >= 4 is 11.6 Å². The van der Waals surface area contributed by atoms with Crippen molar-refractivity contribution in [2.75, 3.05) is 31.1 Å². The first-order valence-corrected chi connectivity index (χ1v) is 8.44. The normalized spacial score (nSPS) is 15.4. The molecule has 0 spiro atoms. The van der Waals surface area contributed by atoms with Gasteiger partial charge in [-0.15, -0.1) is 0 Å². The van der Waals surface area contributed by atoms with Gasteiger partial charge >= 0.3 is 0 Å². The average molecular weight is 344 g/mol. The highest BCUT2D eigenvalue weighted by atomic mass is 19.1. The predicted octanol–water partition coefficient (Wildman–Crippen LogP) is 3.59. The fourth-order valence-corrected chi connectivity index (χ4v) is 3.24. The number of benzene rings is 2. The van der Waals surface area contributed by atoms with Gasteiger partial charge in [0.2, 0.25) is 5.91 Å². The van der Waals surface area contributed by atoms with Crippen molar-refractivity contribution in [3.05, 3.63) is 65.7 Å². The number of rotatable bonds is 3. The van der Waals surface area contributed by atoms with E-state index in [1.165, 1.54) is 18.2 Å². The van der Waals surface area contributed by atoms with Crippen LogP contribution in [0.15, 0.2) is 48.5 Å². The minimum Gasteiger partial charge on any atom is -0.366 e. The molecule has 1 heterocycles. The third-order valence-electron chi connectivity index (χ3n) is 4.86. The lowest BCUT2D eigenvalue weighted by atomic mass is 9.83. The van der Waals surface area contributed by atoms with Gasteiger partial charge in [0, 0.05) is 26.2 Å². The topological polar surface area (TPSA) is 23.6 Å². The van der Waals surface area contributed by atoms with Crippen LogP contribution in [0.5, 0.6) is 0 Å². The molecule has 0 saturated carbocycles. The van der Waals surface area contributed by atoms with Crippen molar-refractivity contribution < 1.29 is 13.6 Å². The van der Waals surface area contributed by atoms with Gasteiger partial charge in [0.05, 0.1) is 11.1 Å². The van der Waals surface area contributed by atoms with E-state index in [0.717, 1.165) is 5.56 Å². The highest BCUT2D eigenvalue weighted by Gasteiger charge is 2.35. The van der Waals surface area contributed by atoms with Gasteiger partial charge < -0.3 is 9.80 Å². The second kappa shape index (κ2) is 6.82. The Hall–Kier alpha value is -2.43. The van der Waals surface area contributed by atoms with Gasteiger partial charge in [-0.1, -0.05) is 24.3 Å². The SMILES string of the molecule is CC(C)(C(=O)N1CCN(c2ccccc2F)CC1)c1ccc(F)cc1. The van der Waals surface area contributed by atoms with E-state index >= 15 is 0 Å². The largest absolute Gasteiger partial charge is 0.366 e. The molecule has 5 heteroatoms. The molecule has 0 atom stereocenters. The molecule has 1 aliphatic heterocycles. The minimum absolute atomic E-state index is 0.00675. The molecule has 0 aliphatic carbocycles. The Morgan fingerprint density at radius 3 is 2.12 bits per heavy atom. The number of piperazine rings is 1. The van der Waals surface area contributed by atoms with E-state index in [1.807, 2.05) is 24.8 Å². The van der Waals surface area contributed by atoms with Crippen LogP contribution in [0.25, 0.3) is 0 Å². The van der Waals surface area contributed by atoms with Crippen molar-refractivity contribution in [2.45, 2.75) is 19.3 Å². The summed E-state index contributed by atoms with van der Waals surface area (Å²) < 4.78 is 27.1. The van der Waals surface area contributed by atoms with Gasteiger partial charge in [0.15, 0.2) is 0 Å². The smallest absolute Gasteiger partial charge is 0.232 e. The van der Waals surface area contributed by atoms with Crippen LogP contribution in [-0.2, 0) is 10.2 Å². The van der Waals surface area contributed by atoms with E-state index in [4.69, 9.17) is 0 Å². The molecule has 1 aliphatic rings. The number of carbonyl (C=O) groups excluding carboxylic acids is 1. The Morgan fingerprint density at radius 2 is 1.52 bits per heavy atom. The highest BCUT2D eigenvalue weighted by Crippen LogP contribution is 2.27. The maximum Gasteiger partial charge on any atom is 0.232 e. The Kier molecular flexibility index (Phi) is 4.75. The monoisotopic (exact) mass is 344 g/mol. The first-order valence-electron chi connectivity index (χ1n) is 8.44. The molecule has 25 heavy (non-hydrogen) atoms. The molecule has 2 aromatic rings. The summed E-state index contributed by atoms with van der Waals surface area (Å²) in [5.41, 5.74) is 0.635. The molecule has 0 unspecified atom stereocenters. The zero-order valence-electron chi connectivity index (χ0n) is 14.5. The zero-order valence-corrected chi connectivity index (χ0v) is 14.5. The van der Waals surface area contributed by atoms with E-state index in [9.17, 15) is 13.6 Å². The molecule has 132 valence electrons. The summed E-state index contributed by atoms with van der Waals surface area (Å²) in [6.07, 6.45) is 0. The van der Waals surface area contributed by atoms with E-state index in [2.05, 4.69) is 0 Å². The van der Waals surface area contributed by atoms with Gasteiger partial charge in [0.25, 0.3) is 0 Å². The van der Waals surface area contributed by atoms with Crippen LogP contribution in [0.3, 0.4) is 0 Å². The second-order valence-corrected chi connectivity index (χ2v) is 6.86. The maximum atomic E-state index is 13.9. The molecule has 2 aromatic carbocycles. The molecule has 0 radical (unpaired) electrons. The van der Waals surface area contributed by atoms with Crippen LogP contribution in [0.4, 0.5) is 14.5 Å². The fraction of sp³-hybridized carbons (Fsp3) is 0.350. The van der Waals surface area contributed by atoms with Gasteiger partial charge in [-0.3, -0.25) is 4.79 Å². The summed E-state index contributed by atoms with van der Waals surface area (Å²) in [5, 5.41) is 0. The van der Waals surface area contributed by atoms with Crippen molar-refractivity contribution in [3.8, 4) is 0 Å². The lowest BCUT2D eigenvalue weighted by Gasteiger charge is -2.39. The van der Waals surface area contributed by atoms with E-state index in [-0.39, 0.29) is 17.5 Å². The quantitative estimate of drug-likeness (QED) is 0.849. The van der Waals surface area contributed by atoms with Crippen LogP contribution in [0.1, 0.15) is 19.4 Å². The lowest BCUT2D eigenvalue weighted by Crippen LogP contribution is -2.53. The summed E-state index contributed by atoms with van der Waals surface area (Å²) in [6.45, 7) is 5.96. The number of para-hydroxylation sites is 1. The van der Waals surface area contributed by atoms with E-state index in [0.29, 0.717) is 31.9 Å². The lowest BCUT2D eigenvalue weighted by molar-refractivity contribution is -0.136. The summed E-state index contributed by atoms with van der Waals surface area (Å²) >= 11 is 0. The van der Waals surface area contributed by atoms with Crippen LogP contribution >= 0.6 is 0 Å². The first-order chi connectivity index (χ1) is 11.9. The number of carbonyl (C=O) groups is 1. The number of nitrogens with zero attached hydrogens (tertiary/aromatic N) is 2. The Balaban J connectivity index is 1.69. The molecule has 0 bridgehead atoms. The van der Waals surface area contributed by atoms with Crippen LogP contribution < -0.4 is 4.90 Å². The van der Waals surface area contributed by atoms with Crippen molar-refractivity contribution in [2.24, 2.45) is 0 Å². The van der Waals surface area contributed by atoms with E-state index < -0.39 is 5.41 Å². The zero-order chi connectivity index (χ0) is 18.0. The molecule has 1 amide bonds. The van der Waals surface area contributed by atoms with Gasteiger partial charge in [-0.25, -0.2) is 8.78 Å². The molecular weight excluding hydrogens is 322 g/mol. The average Bonchev–Trinajstić information content (AvgIpc) is 2.62. The highest BCUT2D eigenvalue weighted by molar-refractivity contribution is 5.87. The van der Waals surface area contributed by atoms with Crippen molar-refractivity contribution in [1.82, 2.24) is 4.90 Å². The van der Waals surface area contributed by atoms with Crippen molar-refractivity contribution in [1.29, 1.82) is 0 Å². The minimum atomic E-state index is -0.728. The molecule has 1 saturated heterocycles. The fourth-order valence-electron chi connectivity index (χ4n) is 3.24. The summed E-state index contributed by atoms with van der Waals surface area (Å²) in [4.78, 5) is 16.7. The molecular formula is C20H22F2N2O. The molecule has 3 rings (SSSR count). The molecule has 3 nitrogen and oxygen atoms in total. The first kappa shape index (κ1) is 17.4. The van der Waals surface area contributed by atoms with Gasteiger partial charge in [0.1, 0.15) is 11.6 Å². The van der Waals surface area contributed by atoms with E-state index in [1.54, 1.807) is 29.2 Å². The maximum absolute atomic E-state index is 13.9. The third-order valence-corrected chi connectivity index (χ3v) is 4.86. The van der Waals surface area contributed by atoms with Gasteiger partial charge in [-0.2, -0.15) is 0 Å². The summed E-state index contributed by atoms with van der Waals surface area (Å²) in [6, 6.07) is 12.8. The molecule has 0 N–H and O–H groups in total. The van der Waals surface area contributed by atoms with Crippen molar-refractivity contribution in [3.63, 3.8) is 0 Å². The van der Waals surface area contributed by atoms with Crippen LogP contribution in [-0.4, -0.2) is 37.0 Å². The number of hydrogen-bond donors (Lipinski definition) is 0. The van der Waals surface area contributed by atoms with Crippen LogP contribution in [0.2, 0.25) is 0 Å². The number of halogens is 2. The summed E-state index contributed by atoms with van der Waals surface area (Å²) in [5.74, 6) is -0.549. The molecule has 0 aromatic heterocycles. The third kappa shape index (κ3) is 3.50. The van der Waals surface area contributed by atoms with Crippen LogP contribution in [0, 0.1) is 11.6 Å². The second-order valence-electron chi connectivity index (χ2n) is 6.86. The Bertz CT molecular complexity index is 751. The Labute approximate surface area is 146 Å². The van der Waals surface area contributed by atoms with Gasteiger partial charge in [-0.05, 0) is 43.7 Å².